The lowest BCUT2D eigenvalue weighted by atomic mass is 10.0. The van der Waals surface area contributed by atoms with Crippen LogP contribution in [0.1, 0.15) is 28.7 Å². The molecule has 0 saturated carbocycles. The summed E-state index contributed by atoms with van der Waals surface area (Å²) in [5.74, 6) is 1.19. The highest BCUT2D eigenvalue weighted by atomic mass is 16.5. The van der Waals surface area contributed by atoms with Crippen LogP contribution in [-0.2, 0) is 11.2 Å². The molecule has 0 aliphatic rings. The van der Waals surface area contributed by atoms with Gasteiger partial charge in [-0.1, -0.05) is 18.2 Å². The molecule has 4 aromatic rings. The molecule has 0 unspecified atom stereocenters. The number of nitrogens with zero attached hydrogens (tertiary/aromatic N) is 2. The van der Waals surface area contributed by atoms with Gasteiger partial charge in [0.2, 0.25) is 5.91 Å². The van der Waals surface area contributed by atoms with Crippen molar-refractivity contribution in [3.8, 4) is 11.4 Å². The third-order valence-electron chi connectivity index (χ3n) is 5.16. The van der Waals surface area contributed by atoms with Crippen LogP contribution >= 0.6 is 0 Å². The number of methoxy groups -OCH3 is 1. The number of hydrogen-bond acceptors (Lipinski definition) is 4. The smallest absolute Gasteiger partial charge is 0.228 e. The summed E-state index contributed by atoms with van der Waals surface area (Å²) in [5.41, 5.74) is 4.69. The van der Waals surface area contributed by atoms with Gasteiger partial charge in [0.05, 0.1) is 24.6 Å². The molecule has 0 saturated heterocycles. The number of Topliss-reactive ketones (excluding diaryl/α,β-unsaturated/α-hetero) is 1. The summed E-state index contributed by atoms with van der Waals surface area (Å²) in [6.45, 7) is 3.46. The Hall–Kier alpha value is -3.93. The lowest BCUT2D eigenvalue weighted by Gasteiger charge is -2.11. The number of nitrogens with one attached hydrogen (secondary N) is 1. The maximum atomic E-state index is 12.7. The molecule has 0 aliphatic carbocycles. The average Bonchev–Trinajstić information content (AvgIpc) is 3.09. The zero-order valence-corrected chi connectivity index (χ0v) is 17.7. The minimum atomic E-state index is -0.197. The minimum absolute atomic E-state index is 0.0564. The number of anilines is 1. The van der Waals surface area contributed by atoms with E-state index in [-0.39, 0.29) is 18.1 Å². The van der Waals surface area contributed by atoms with Crippen molar-refractivity contribution in [3.05, 3.63) is 83.7 Å². The van der Waals surface area contributed by atoms with Crippen molar-refractivity contribution in [1.82, 2.24) is 9.55 Å². The first-order valence-corrected chi connectivity index (χ1v) is 9.98. The molecule has 3 aromatic carbocycles. The molecular formula is C25H23N3O3. The Bertz CT molecular complexity index is 1280. The van der Waals surface area contributed by atoms with Crippen molar-refractivity contribution in [3.63, 3.8) is 0 Å². The summed E-state index contributed by atoms with van der Waals surface area (Å²) in [6, 6.07) is 20.8. The van der Waals surface area contributed by atoms with Crippen molar-refractivity contribution in [2.24, 2.45) is 0 Å². The van der Waals surface area contributed by atoms with Gasteiger partial charge >= 0.3 is 0 Å². The van der Waals surface area contributed by atoms with Crippen LogP contribution in [-0.4, -0.2) is 28.4 Å². The number of aromatic nitrogens is 2. The van der Waals surface area contributed by atoms with E-state index in [1.54, 1.807) is 25.3 Å². The number of carbonyl (C=O) groups is 2. The van der Waals surface area contributed by atoms with Gasteiger partial charge in [0.1, 0.15) is 11.6 Å². The molecule has 6 nitrogen and oxygen atoms in total. The second-order valence-corrected chi connectivity index (χ2v) is 7.34. The van der Waals surface area contributed by atoms with Crippen LogP contribution in [0, 0.1) is 6.92 Å². The normalized spacial score (nSPS) is 10.8. The monoisotopic (exact) mass is 413 g/mol. The zero-order valence-electron chi connectivity index (χ0n) is 17.7. The van der Waals surface area contributed by atoms with Gasteiger partial charge in [0, 0.05) is 22.5 Å². The van der Waals surface area contributed by atoms with Gasteiger partial charge in [0.15, 0.2) is 5.78 Å². The number of imidazole rings is 1. The molecule has 4 rings (SSSR count). The molecule has 0 aliphatic heterocycles. The summed E-state index contributed by atoms with van der Waals surface area (Å²) in [6.07, 6.45) is 0.0970. The highest BCUT2D eigenvalue weighted by molar-refractivity contribution is 5.97. The topological polar surface area (TPSA) is 73.2 Å². The number of rotatable bonds is 6. The molecule has 31 heavy (non-hydrogen) atoms. The highest BCUT2D eigenvalue weighted by Gasteiger charge is 2.14. The Kier molecular flexibility index (Phi) is 5.54. The van der Waals surface area contributed by atoms with E-state index < -0.39 is 0 Å². The van der Waals surface area contributed by atoms with Crippen LogP contribution in [0.5, 0.6) is 5.75 Å². The number of fused-ring (bicyclic) bond motifs is 1. The Morgan fingerprint density at radius 2 is 1.81 bits per heavy atom. The van der Waals surface area contributed by atoms with Crippen LogP contribution in [0.25, 0.3) is 16.7 Å². The summed E-state index contributed by atoms with van der Waals surface area (Å²) in [7, 11) is 1.55. The predicted octanol–water partition coefficient (Wildman–Crippen LogP) is 4.73. The Morgan fingerprint density at radius 3 is 2.52 bits per heavy atom. The molecule has 156 valence electrons. The maximum Gasteiger partial charge on any atom is 0.228 e. The van der Waals surface area contributed by atoms with Crippen molar-refractivity contribution in [2.45, 2.75) is 20.3 Å². The molecule has 6 heteroatoms. The second-order valence-electron chi connectivity index (χ2n) is 7.34. The first kappa shape index (κ1) is 20.3. The standard InChI is InChI=1S/C25H23N3O3/c1-16(29)18-9-12-24(31-3)19(13-18)14-25(30)27-20-10-11-23-22(15-20)26-17(2)28(23)21-7-5-4-6-8-21/h4-13,15H,14H2,1-3H3,(H,27,30). The Morgan fingerprint density at radius 1 is 1.03 bits per heavy atom. The fourth-order valence-corrected chi connectivity index (χ4v) is 3.70. The van der Waals surface area contributed by atoms with E-state index in [1.807, 2.05) is 55.5 Å². The van der Waals surface area contributed by atoms with E-state index in [4.69, 9.17) is 4.74 Å². The summed E-state index contributed by atoms with van der Waals surface area (Å²) < 4.78 is 7.43. The average molecular weight is 413 g/mol. The van der Waals surface area contributed by atoms with Gasteiger partial charge in [-0.25, -0.2) is 4.98 Å². The van der Waals surface area contributed by atoms with Crippen molar-refractivity contribution in [2.75, 3.05) is 12.4 Å². The predicted molar refractivity (Wildman–Crippen MR) is 121 cm³/mol. The number of aryl methyl sites for hydroxylation is 1. The fourth-order valence-electron chi connectivity index (χ4n) is 3.70. The molecule has 1 amide bonds. The van der Waals surface area contributed by atoms with Gasteiger partial charge in [-0.2, -0.15) is 0 Å². The number of carbonyl (C=O) groups excluding carboxylic acids is 2. The number of benzene rings is 3. The van der Waals surface area contributed by atoms with Gasteiger partial charge in [0.25, 0.3) is 0 Å². The molecular weight excluding hydrogens is 390 g/mol. The summed E-state index contributed by atoms with van der Waals surface area (Å²) in [4.78, 5) is 29.0. The third-order valence-corrected chi connectivity index (χ3v) is 5.16. The van der Waals surface area contributed by atoms with Gasteiger partial charge < -0.3 is 10.1 Å². The zero-order chi connectivity index (χ0) is 22.0. The highest BCUT2D eigenvalue weighted by Crippen LogP contribution is 2.25. The number of para-hydroxylation sites is 1. The van der Waals surface area contributed by atoms with E-state index in [0.717, 1.165) is 22.5 Å². The fraction of sp³-hybridized carbons (Fsp3) is 0.160. The Balaban J connectivity index is 1.58. The summed E-state index contributed by atoms with van der Waals surface area (Å²) in [5, 5.41) is 2.92. The van der Waals surface area contributed by atoms with Crippen LogP contribution in [0.3, 0.4) is 0 Å². The molecule has 0 radical (unpaired) electrons. The lowest BCUT2D eigenvalue weighted by Crippen LogP contribution is -2.15. The first-order valence-electron chi connectivity index (χ1n) is 9.98. The number of ketones is 1. The van der Waals surface area contributed by atoms with E-state index in [1.165, 1.54) is 6.92 Å². The molecule has 0 spiro atoms. The van der Waals surface area contributed by atoms with Crippen molar-refractivity contribution < 1.29 is 14.3 Å². The van der Waals surface area contributed by atoms with Crippen LogP contribution in [0.15, 0.2) is 66.7 Å². The first-order chi connectivity index (χ1) is 15.0. The second kappa shape index (κ2) is 8.44. The van der Waals surface area contributed by atoms with E-state index in [2.05, 4.69) is 14.9 Å². The molecule has 1 N–H and O–H groups in total. The third kappa shape index (κ3) is 4.19. The van der Waals surface area contributed by atoms with E-state index in [0.29, 0.717) is 22.6 Å². The van der Waals surface area contributed by atoms with Crippen molar-refractivity contribution in [1.29, 1.82) is 0 Å². The van der Waals surface area contributed by atoms with Crippen LogP contribution < -0.4 is 10.1 Å². The largest absolute Gasteiger partial charge is 0.496 e. The quantitative estimate of drug-likeness (QED) is 0.464. The van der Waals surface area contributed by atoms with Crippen molar-refractivity contribution >= 4 is 28.4 Å². The maximum absolute atomic E-state index is 12.7. The van der Waals surface area contributed by atoms with Crippen LogP contribution in [0.2, 0.25) is 0 Å². The SMILES string of the molecule is COc1ccc(C(C)=O)cc1CC(=O)Nc1ccc2c(c1)nc(C)n2-c1ccccc1. The van der Waals surface area contributed by atoms with Gasteiger partial charge in [-0.15, -0.1) is 0 Å². The number of amides is 1. The molecule has 0 atom stereocenters. The summed E-state index contributed by atoms with van der Waals surface area (Å²) >= 11 is 0. The van der Waals surface area contributed by atoms with Crippen LogP contribution in [0.4, 0.5) is 5.69 Å². The Labute approximate surface area is 180 Å². The molecule has 0 fully saturated rings. The van der Waals surface area contributed by atoms with E-state index in [9.17, 15) is 9.59 Å². The minimum Gasteiger partial charge on any atom is -0.496 e. The lowest BCUT2D eigenvalue weighted by molar-refractivity contribution is -0.115. The molecule has 1 heterocycles. The molecule has 1 aromatic heterocycles. The van der Waals surface area contributed by atoms with Gasteiger partial charge in [-0.05, 0) is 62.4 Å². The molecule has 0 bridgehead atoms. The van der Waals surface area contributed by atoms with Gasteiger partial charge in [-0.3, -0.25) is 14.2 Å². The number of hydrogen-bond donors (Lipinski definition) is 1. The van der Waals surface area contributed by atoms with E-state index >= 15 is 0 Å². The number of ether oxygens (including phenoxy) is 1.